The van der Waals surface area contributed by atoms with Crippen molar-refractivity contribution in [2.24, 2.45) is 0 Å². The van der Waals surface area contributed by atoms with Crippen LogP contribution in [0.5, 0.6) is 0 Å². The predicted octanol–water partition coefficient (Wildman–Crippen LogP) is 1.70. The summed E-state index contributed by atoms with van der Waals surface area (Å²) in [7, 11) is 0. The third-order valence-electron chi connectivity index (χ3n) is 4.30. The molecule has 6 heteroatoms. The van der Waals surface area contributed by atoms with Crippen molar-refractivity contribution in [3.63, 3.8) is 0 Å². The molecule has 1 aliphatic rings. The molecule has 0 amide bonds. The molecule has 0 unspecified atom stereocenters. The zero-order valence-electron chi connectivity index (χ0n) is 13.4. The van der Waals surface area contributed by atoms with E-state index in [4.69, 9.17) is 0 Å². The lowest BCUT2D eigenvalue weighted by Gasteiger charge is -2.06. The van der Waals surface area contributed by atoms with Crippen LogP contribution in [-0.2, 0) is 13.0 Å². The third kappa shape index (κ3) is 3.65. The Bertz CT molecular complexity index is 848. The third-order valence-corrected chi connectivity index (χ3v) is 5.02. The monoisotopic (exact) mass is 422 g/mol. The summed E-state index contributed by atoms with van der Waals surface area (Å²) in [5.74, 6) is -1.12. The number of nitrogens with zero attached hydrogens (tertiary/aromatic N) is 2. The van der Waals surface area contributed by atoms with Gasteiger partial charge in [-0.1, -0.05) is 42.1 Å². The number of benzene rings is 2. The van der Waals surface area contributed by atoms with Crippen LogP contribution in [-0.4, -0.2) is 10.3 Å². The average Bonchev–Trinajstić information content (AvgIpc) is 3.17. The second kappa shape index (κ2) is 7.70. The molecule has 2 nitrogen and oxygen atoms in total. The maximum absolute atomic E-state index is 12.5. The number of thioether (sulfide) groups is 1. The molecule has 130 valence electrons. The zero-order chi connectivity index (χ0) is 16.5. The van der Waals surface area contributed by atoms with Gasteiger partial charge in [0.1, 0.15) is 11.9 Å². The van der Waals surface area contributed by atoms with E-state index in [2.05, 4.69) is 27.5 Å². The fraction of sp³-hybridized carbons (Fsp3) is 0.211. The van der Waals surface area contributed by atoms with Gasteiger partial charge in [-0.15, -0.1) is 0 Å². The SMILES string of the molecule is FC(F)Sc1ccc(-n2c(-c3ccccc3)c[n+]3c2CCC3)cc1.[Br-]. The Hall–Kier alpha value is -1.66. The molecule has 0 saturated heterocycles. The van der Waals surface area contributed by atoms with Gasteiger partial charge in [-0.05, 0) is 30.7 Å². The van der Waals surface area contributed by atoms with Crippen molar-refractivity contribution in [2.75, 3.05) is 0 Å². The van der Waals surface area contributed by atoms with Crippen molar-refractivity contribution in [1.29, 1.82) is 0 Å². The summed E-state index contributed by atoms with van der Waals surface area (Å²) in [6.07, 6.45) is 4.36. The number of alkyl halides is 2. The van der Waals surface area contributed by atoms with Crippen LogP contribution in [0, 0.1) is 0 Å². The molecule has 3 aromatic rings. The van der Waals surface area contributed by atoms with Gasteiger partial charge in [-0.2, -0.15) is 13.3 Å². The van der Waals surface area contributed by atoms with Gasteiger partial charge in [0.2, 0.25) is 0 Å². The second-order valence-electron chi connectivity index (χ2n) is 5.80. The summed E-state index contributed by atoms with van der Waals surface area (Å²) in [6, 6.07) is 17.7. The van der Waals surface area contributed by atoms with Gasteiger partial charge in [-0.25, -0.2) is 4.57 Å². The second-order valence-corrected chi connectivity index (χ2v) is 6.86. The minimum atomic E-state index is -2.39. The van der Waals surface area contributed by atoms with E-state index in [1.54, 1.807) is 12.1 Å². The molecule has 2 heterocycles. The van der Waals surface area contributed by atoms with Crippen molar-refractivity contribution in [3.05, 3.63) is 66.6 Å². The first-order chi connectivity index (χ1) is 11.7. The number of halogens is 3. The number of aromatic nitrogens is 2. The van der Waals surface area contributed by atoms with Crippen molar-refractivity contribution >= 4 is 11.8 Å². The van der Waals surface area contributed by atoms with E-state index in [9.17, 15) is 8.78 Å². The van der Waals surface area contributed by atoms with Crippen molar-refractivity contribution in [3.8, 4) is 16.9 Å². The molecule has 0 aliphatic carbocycles. The van der Waals surface area contributed by atoms with E-state index < -0.39 is 5.76 Å². The quantitative estimate of drug-likeness (QED) is 0.459. The van der Waals surface area contributed by atoms with Gasteiger partial charge in [0, 0.05) is 10.5 Å². The molecule has 0 bridgehead atoms. The number of aryl methyl sites for hydroxylation is 1. The Kier molecular flexibility index (Phi) is 5.59. The van der Waals surface area contributed by atoms with Gasteiger partial charge >= 0.3 is 0 Å². The lowest BCUT2D eigenvalue weighted by atomic mass is 10.1. The van der Waals surface area contributed by atoms with Crippen LogP contribution in [0.1, 0.15) is 12.2 Å². The van der Waals surface area contributed by atoms with Crippen LogP contribution in [0.4, 0.5) is 8.78 Å². The average molecular weight is 423 g/mol. The highest BCUT2D eigenvalue weighted by Crippen LogP contribution is 2.29. The van der Waals surface area contributed by atoms with E-state index in [-0.39, 0.29) is 17.0 Å². The van der Waals surface area contributed by atoms with Crippen LogP contribution in [0.15, 0.2) is 65.7 Å². The number of hydrogen-bond donors (Lipinski definition) is 0. The normalized spacial score (nSPS) is 12.9. The number of imidazole rings is 1. The molecule has 0 saturated carbocycles. The molecule has 1 aliphatic heterocycles. The molecule has 0 atom stereocenters. The molecule has 25 heavy (non-hydrogen) atoms. The first-order valence-electron chi connectivity index (χ1n) is 7.97. The molecular weight excluding hydrogens is 406 g/mol. The Balaban J connectivity index is 0.00000182. The summed E-state index contributed by atoms with van der Waals surface area (Å²) >= 11 is 0.583. The molecule has 0 fully saturated rings. The van der Waals surface area contributed by atoms with E-state index >= 15 is 0 Å². The van der Waals surface area contributed by atoms with Crippen LogP contribution >= 0.6 is 11.8 Å². The topological polar surface area (TPSA) is 8.81 Å². The van der Waals surface area contributed by atoms with Crippen LogP contribution in [0.2, 0.25) is 0 Å². The Labute approximate surface area is 160 Å². The Morgan fingerprint density at radius 1 is 1.00 bits per heavy atom. The van der Waals surface area contributed by atoms with Gasteiger partial charge in [0.15, 0.2) is 5.69 Å². The van der Waals surface area contributed by atoms with Gasteiger partial charge < -0.3 is 17.0 Å². The largest absolute Gasteiger partial charge is 1.00 e. The van der Waals surface area contributed by atoms with Gasteiger partial charge in [0.25, 0.3) is 11.6 Å². The molecule has 0 N–H and O–H groups in total. The molecule has 2 aromatic carbocycles. The molecule has 4 rings (SSSR count). The fourth-order valence-corrected chi connectivity index (χ4v) is 3.78. The lowest BCUT2D eigenvalue weighted by molar-refractivity contribution is -0.689. The Morgan fingerprint density at radius 3 is 2.40 bits per heavy atom. The first kappa shape index (κ1) is 18.1. The van der Waals surface area contributed by atoms with Crippen LogP contribution < -0.4 is 21.5 Å². The lowest BCUT2D eigenvalue weighted by Crippen LogP contribution is -3.00. The van der Waals surface area contributed by atoms with Crippen molar-refractivity contribution < 1.29 is 30.3 Å². The molecule has 0 radical (unpaired) electrons. The van der Waals surface area contributed by atoms with Gasteiger partial charge in [0.05, 0.1) is 13.0 Å². The van der Waals surface area contributed by atoms with E-state index in [0.29, 0.717) is 16.7 Å². The van der Waals surface area contributed by atoms with Crippen LogP contribution in [0.3, 0.4) is 0 Å². The fourth-order valence-electron chi connectivity index (χ4n) is 3.28. The predicted molar refractivity (Wildman–Crippen MR) is 91.6 cm³/mol. The van der Waals surface area contributed by atoms with E-state index in [1.807, 2.05) is 30.3 Å². The summed E-state index contributed by atoms with van der Waals surface area (Å²) in [5.41, 5.74) is 3.31. The van der Waals surface area contributed by atoms with Crippen LogP contribution in [0.25, 0.3) is 16.9 Å². The minimum Gasteiger partial charge on any atom is -1.00 e. The summed E-state index contributed by atoms with van der Waals surface area (Å²) in [4.78, 5) is 0.589. The zero-order valence-corrected chi connectivity index (χ0v) is 15.8. The smallest absolute Gasteiger partial charge is 0.288 e. The number of rotatable bonds is 4. The van der Waals surface area contributed by atoms with E-state index in [0.717, 1.165) is 36.3 Å². The maximum Gasteiger partial charge on any atom is 0.288 e. The maximum atomic E-state index is 12.5. The highest BCUT2D eigenvalue weighted by atomic mass is 79.9. The standard InChI is InChI=1S/C19H17F2N2S.BrH/c20-19(21)24-16-10-8-15(9-11-16)23-17(14-5-2-1-3-6-14)13-22-12-4-7-18(22)23;/h1-3,5-6,8-11,13,19H,4,7,12H2;1H/q+1;/p-1. The molecule has 1 aromatic heterocycles. The summed E-state index contributed by atoms with van der Waals surface area (Å²) in [6.45, 7) is 1.03. The summed E-state index contributed by atoms with van der Waals surface area (Å²) < 4.78 is 29.6. The first-order valence-corrected chi connectivity index (χ1v) is 8.85. The highest BCUT2D eigenvalue weighted by molar-refractivity contribution is 7.99. The number of fused-ring (bicyclic) bond motifs is 1. The molecular formula is C19H17BrF2N2S. The minimum absolute atomic E-state index is 0. The highest BCUT2D eigenvalue weighted by Gasteiger charge is 2.29. The Morgan fingerprint density at radius 2 is 1.72 bits per heavy atom. The van der Waals surface area contributed by atoms with Gasteiger partial charge in [-0.3, -0.25) is 0 Å². The van der Waals surface area contributed by atoms with E-state index in [1.165, 1.54) is 5.82 Å². The number of hydrogen-bond acceptors (Lipinski definition) is 1. The summed E-state index contributed by atoms with van der Waals surface area (Å²) in [5, 5.41) is 0. The van der Waals surface area contributed by atoms with Crippen molar-refractivity contribution in [2.45, 2.75) is 30.0 Å². The van der Waals surface area contributed by atoms with Crippen molar-refractivity contribution in [1.82, 2.24) is 4.57 Å². The molecule has 0 spiro atoms.